The molecule has 0 spiro atoms. The molecule has 0 aromatic rings. The van der Waals surface area contributed by atoms with Crippen molar-refractivity contribution < 1.29 is 4.79 Å². The van der Waals surface area contributed by atoms with Gasteiger partial charge in [0.05, 0.1) is 0 Å². The minimum Gasteiger partial charge on any atom is -0.356 e. The smallest absolute Gasteiger partial charge is 0.220 e. The fourth-order valence-corrected chi connectivity index (χ4v) is 0.841. The molecular formula is C8H18N2O. The highest BCUT2D eigenvalue weighted by Gasteiger charge is 1.98. The van der Waals surface area contributed by atoms with E-state index in [9.17, 15) is 4.79 Å². The van der Waals surface area contributed by atoms with E-state index in [0.717, 1.165) is 19.5 Å². The number of carbonyl (C=O) groups is 1. The first kappa shape index (κ1) is 10.4. The molecule has 0 unspecified atom stereocenters. The molecule has 0 saturated heterocycles. The van der Waals surface area contributed by atoms with E-state index >= 15 is 0 Å². The van der Waals surface area contributed by atoms with Crippen LogP contribution in [-0.4, -0.2) is 38.0 Å². The highest BCUT2D eigenvalue weighted by molar-refractivity contribution is 5.75. The number of hydrogen-bond acceptors (Lipinski definition) is 2. The standard InChI is InChI=1S/C8H18N2O/c1-4-9-8(11)6-5-7-10(2)3/h4-7H2,1-3H3,(H,9,11). The summed E-state index contributed by atoms with van der Waals surface area (Å²) in [5.74, 6) is 0.161. The predicted octanol–water partition coefficient (Wildman–Crippen LogP) is 0.464. The van der Waals surface area contributed by atoms with Gasteiger partial charge in [0.1, 0.15) is 0 Å². The number of nitrogens with zero attached hydrogens (tertiary/aromatic N) is 1. The van der Waals surface area contributed by atoms with Crippen molar-refractivity contribution in [3.8, 4) is 0 Å². The van der Waals surface area contributed by atoms with Crippen LogP contribution in [0.1, 0.15) is 19.8 Å². The van der Waals surface area contributed by atoms with Crippen molar-refractivity contribution in [1.29, 1.82) is 0 Å². The van der Waals surface area contributed by atoms with Gasteiger partial charge in [-0.1, -0.05) is 0 Å². The summed E-state index contributed by atoms with van der Waals surface area (Å²) in [6.07, 6.45) is 1.59. The van der Waals surface area contributed by atoms with Gasteiger partial charge in [-0.25, -0.2) is 0 Å². The zero-order valence-electron chi connectivity index (χ0n) is 7.68. The van der Waals surface area contributed by atoms with Gasteiger partial charge >= 0.3 is 0 Å². The van der Waals surface area contributed by atoms with Crippen molar-refractivity contribution in [3.63, 3.8) is 0 Å². The summed E-state index contributed by atoms with van der Waals surface area (Å²) < 4.78 is 0. The summed E-state index contributed by atoms with van der Waals surface area (Å²) in [5, 5.41) is 2.76. The maximum atomic E-state index is 10.9. The zero-order valence-corrected chi connectivity index (χ0v) is 7.68. The average molecular weight is 158 g/mol. The maximum Gasteiger partial charge on any atom is 0.220 e. The van der Waals surface area contributed by atoms with Gasteiger partial charge in [-0.2, -0.15) is 0 Å². The van der Waals surface area contributed by atoms with Crippen LogP contribution in [0.25, 0.3) is 0 Å². The lowest BCUT2D eigenvalue weighted by Crippen LogP contribution is -2.23. The molecule has 0 aliphatic rings. The van der Waals surface area contributed by atoms with Crippen molar-refractivity contribution in [2.45, 2.75) is 19.8 Å². The summed E-state index contributed by atoms with van der Waals surface area (Å²) in [6, 6.07) is 0. The normalized spacial score (nSPS) is 10.2. The number of hydrogen-bond donors (Lipinski definition) is 1. The van der Waals surface area contributed by atoms with E-state index in [-0.39, 0.29) is 5.91 Å². The van der Waals surface area contributed by atoms with Crippen LogP contribution in [0.2, 0.25) is 0 Å². The first-order chi connectivity index (χ1) is 5.16. The molecule has 0 aliphatic heterocycles. The van der Waals surface area contributed by atoms with Gasteiger partial charge in [0.2, 0.25) is 5.91 Å². The fraction of sp³-hybridized carbons (Fsp3) is 0.875. The topological polar surface area (TPSA) is 32.3 Å². The molecule has 0 heterocycles. The lowest BCUT2D eigenvalue weighted by molar-refractivity contribution is -0.121. The van der Waals surface area contributed by atoms with Gasteiger partial charge < -0.3 is 10.2 Å². The second-order valence-electron chi connectivity index (χ2n) is 2.86. The summed E-state index contributed by atoms with van der Waals surface area (Å²) in [6.45, 7) is 3.65. The molecule has 3 nitrogen and oxygen atoms in total. The first-order valence-corrected chi connectivity index (χ1v) is 4.08. The van der Waals surface area contributed by atoms with Crippen molar-refractivity contribution in [2.75, 3.05) is 27.2 Å². The third-order valence-corrected chi connectivity index (χ3v) is 1.38. The lowest BCUT2D eigenvalue weighted by atomic mass is 10.3. The van der Waals surface area contributed by atoms with E-state index < -0.39 is 0 Å². The van der Waals surface area contributed by atoms with Gasteiger partial charge in [0.15, 0.2) is 0 Å². The van der Waals surface area contributed by atoms with Crippen LogP contribution in [0.5, 0.6) is 0 Å². The Morgan fingerprint density at radius 3 is 2.55 bits per heavy atom. The Morgan fingerprint density at radius 2 is 2.09 bits per heavy atom. The second-order valence-corrected chi connectivity index (χ2v) is 2.86. The van der Waals surface area contributed by atoms with Crippen LogP contribution in [0.4, 0.5) is 0 Å². The van der Waals surface area contributed by atoms with Crippen LogP contribution < -0.4 is 5.32 Å². The number of carbonyl (C=O) groups excluding carboxylic acids is 1. The molecule has 0 aromatic heterocycles. The Kier molecular flexibility index (Phi) is 5.84. The monoisotopic (exact) mass is 158 g/mol. The molecule has 0 aromatic carbocycles. The zero-order chi connectivity index (χ0) is 8.69. The molecule has 0 rings (SSSR count). The number of nitrogens with one attached hydrogen (secondary N) is 1. The van der Waals surface area contributed by atoms with Gasteiger partial charge in [0.25, 0.3) is 0 Å². The highest BCUT2D eigenvalue weighted by Crippen LogP contribution is 1.89. The van der Waals surface area contributed by atoms with Crippen LogP contribution in [0.3, 0.4) is 0 Å². The minimum atomic E-state index is 0.161. The average Bonchev–Trinajstić information content (AvgIpc) is 1.87. The van der Waals surface area contributed by atoms with E-state index in [4.69, 9.17) is 0 Å². The van der Waals surface area contributed by atoms with Crippen molar-refractivity contribution in [1.82, 2.24) is 10.2 Å². The molecule has 66 valence electrons. The Labute approximate surface area is 68.8 Å². The molecular weight excluding hydrogens is 140 g/mol. The van der Waals surface area contributed by atoms with Crippen molar-refractivity contribution in [2.24, 2.45) is 0 Å². The van der Waals surface area contributed by atoms with Gasteiger partial charge in [-0.05, 0) is 34.0 Å². The largest absolute Gasteiger partial charge is 0.356 e. The van der Waals surface area contributed by atoms with Gasteiger partial charge in [0, 0.05) is 13.0 Å². The predicted molar refractivity (Wildman–Crippen MR) is 46.5 cm³/mol. The Bertz CT molecular complexity index is 113. The SMILES string of the molecule is CCNC(=O)CCCN(C)C. The minimum absolute atomic E-state index is 0.161. The summed E-state index contributed by atoms with van der Waals surface area (Å²) in [5.41, 5.74) is 0. The molecule has 11 heavy (non-hydrogen) atoms. The fourth-order valence-electron chi connectivity index (χ4n) is 0.841. The molecule has 0 bridgehead atoms. The first-order valence-electron chi connectivity index (χ1n) is 4.08. The van der Waals surface area contributed by atoms with E-state index in [1.165, 1.54) is 0 Å². The summed E-state index contributed by atoms with van der Waals surface area (Å²) in [7, 11) is 4.02. The van der Waals surface area contributed by atoms with Crippen LogP contribution in [0.15, 0.2) is 0 Å². The Hall–Kier alpha value is -0.570. The molecule has 0 radical (unpaired) electrons. The Morgan fingerprint density at radius 1 is 1.45 bits per heavy atom. The molecule has 0 atom stereocenters. The molecule has 0 saturated carbocycles. The van der Waals surface area contributed by atoms with Gasteiger partial charge in [-0.3, -0.25) is 4.79 Å². The van der Waals surface area contributed by atoms with E-state index in [2.05, 4.69) is 10.2 Å². The molecule has 1 N–H and O–H groups in total. The molecule has 3 heteroatoms. The highest BCUT2D eigenvalue weighted by atomic mass is 16.1. The molecule has 1 amide bonds. The van der Waals surface area contributed by atoms with Crippen LogP contribution >= 0.6 is 0 Å². The summed E-state index contributed by atoms with van der Waals surface area (Å²) in [4.78, 5) is 13.0. The second kappa shape index (κ2) is 6.16. The van der Waals surface area contributed by atoms with Crippen LogP contribution in [-0.2, 0) is 4.79 Å². The van der Waals surface area contributed by atoms with Crippen molar-refractivity contribution >= 4 is 5.91 Å². The van der Waals surface area contributed by atoms with E-state index in [1.807, 2.05) is 21.0 Å². The third-order valence-electron chi connectivity index (χ3n) is 1.38. The maximum absolute atomic E-state index is 10.9. The van der Waals surface area contributed by atoms with Gasteiger partial charge in [-0.15, -0.1) is 0 Å². The summed E-state index contributed by atoms with van der Waals surface area (Å²) >= 11 is 0. The molecule has 0 aliphatic carbocycles. The van der Waals surface area contributed by atoms with Crippen molar-refractivity contribution in [3.05, 3.63) is 0 Å². The Balaban J connectivity index is 3.17. The van der Waals surface area contributed by atoms with E-state index in [0.29, 0.717) is 6.42 Å². The third kappa shape index (κ3) is 7.33. The lowest BCUT2D eigenvalue weighted by Gasteiger charge is -2.08. The number of amides is 1. The molecule has 0 fully saturated rings. The quantitative estimate of drug-likeness (QED) is 0.630. The van der Waals surface area contributed by atoms with E-state index in [1.54, 1.807) is 0 Å². The van der Waals surface area contributed by atoms with Crippen LogP contribution in [0, 0.1) is 0 Å². The number of rotatable bonds is 5.